The summed E-state index contributed by atoms with van der Waals surface area (Å²) in [6.45, 7) is 2.25. The van der Waals surface area contributed by atoms with Crippen LogP contribution in [0.25, 0.3) is 44.8 Å². The van der Waals surface area contributed by atoms with Crippen LogP contribution < -0.4 is 15.9 Å². The first kappa shape index (κ1) is 17.6. The number of nitrogens with zero attached hydrogens (tertiary/aromatic N) is 3. The van der Waals surface area contributed by atoms with E-state index in [1.54, 1.807) is 16.9 Å². The van der Waals surface area contributed by atoms with Crippen LogP contribution in [-0.4, -0.2) is 38.2 Å². The van der Waals surface area contributed by atoms with Gasteiger partial charge in [-0.15, -0.1) is 11.3 Å². The molecule has 7 rings (SSSR count). The molecule has 154 valence electrons. The Bertz CT molecular complexity index is 1450. The van der Waals surface area contributed by atoms with E-state index in [0.717, 1.165) is 58.0 Å². The number of rotatable bonds is 3. The Morgan fingerprint density at radius 3 is 2.87 bits per heavy atom. The lowest BCUT2D eigenvalue weighted by Crippen LogP contribution is -2.29. The Morgan fingerprint density at radius 1 is 1.06 bits per heavy atom. The summed E-state index contributed by atoms with van der Waals surface area (Å²) in [5.74, 6) is 2.09. The van der Waals surface area contributed by atoms with Crippen LogP contribution in [0.1, 0.15) is 19.3 Å². The van der Waals surface area contributed by atoms with Crippen LogP contribution in [0.15, 0.2) is 41.4 Å². The second kappa shape index (κ2) is 6.73. The first-order valence-corrected chi connectivity index (χ1v) is 11.8. The lowest BCUT2D eigenvalue weighted by atomic mass is 9.86. The number of allylic oxidation sites excluding steroid dienone is 2. The Hall–Kier alpha value is -3.03. The Balaban J connectivity index is 1.35. The summed E-state index contributed by atoms with van der Waals surface area (Å²) in [5.41, 5.74) is 6.87. The van der Waals surface area contributed by atoms with Crippen molar-refractivity contribution in [2.24, 2.45) is 11.8 Å². The van der Waals surface area contributed by atoms with Crippen LogP contribution in [0.4, 0.5) is 0 Å². The van der Waals surface area contributed by atoms with Crippen molar-refractivity contribution in [1.29, 1.82) is 0 Å². The van der Waals surface area contributed by atoms with E-state index in [1.807, 2.05) is 18.3 Å². The summed E-state index contributed by atoms with van der Waals surface area (Å²) < 4.78 is 0. The molecule has 4 aromatic rings. The van der Waals surface area contributed by atoms with E-state index in [-0.39, 0.29) is 0 Å². The van der Waals surface area contributed by atoms with E-state index in [0.29, 0.717) is 11.8 Å². The van der Waals surface area contributed by atoms with Crippen LogP contribution in [0.3, 0.4) is 0 Å². The molecule has 1 atom stereocenters. The van der Waals surface area contributed by atoms with Gasteiger partial charge in [0.25, 0.3) is 0 Å². The lowest BCUT2D eigenvalue weighted by molar-refractivity contribution is 0.410. The van der Waals surface area contributed by atoms with Crippen molar-refractivity contribution in [3.63, 3.8) is 0 Å². The molecule has 0 spiro atoms. The molecule has 2 aliphatic carbocycles. The maximum atomic E-state index is 4.97. The highest BCUT2D eigenvalue weighted by atomic mass is 32.1. The molecule has 0 amide bonds. The SMILES string of the molecule is C1=C(C2CCNCC2)C2CC2=c2c(-c3nc4c(-c5cccs5)nccc4[nH]3)n[nH]c2=C1. The highest BCUT2D eigenvalue weighted by Gasteiger charge is 2.39. The topological polar surface area (TPSA) is 82.3 Å². The van der Waals surface area contributed by atoms with Gasteiger partial charge in [0.15, 0.2) is 5.82 Å². The number of piperidine rings is 1. The van der Waals surface area contributed by atoms with Gasteiger partial charge in [-0.1, -0.05) is 23.3 Å². The number of aromatic amines is 2. The summed E-state index contributed by atoms with van der Waals surface area (Å²) >= 11 is 1.69. The summed E-state index contributed by atoms with van der Waals surface area (Å²) in [6, 6.07) is 6.13. The summed E-state index contributed by atoms with van der Waals surface area (Å²) in [5, 5.41) is 15.9. The number of aromatic nitrogens is 5. The number of imidazole rings is 1. The van der Waals surface area contributed by atoms with Gasteiger partial charge in [-0.3, -0.25) is 10.1 Å². The monoisotopic (exact) mass is 426 g/mol. The van der Waals surface area contributed by atoms with E-state index in [2.05, 4.69) is 49.1 Å². The molecule has 6 nitrogen and oxygen atoms in total. The number of hydrogen-bond donors (Lipinski definition) is 3. The normalized spacial score (nSPS) is 20.7. The average Bonchev–Trinajstić information content (AvgIpc) is 3.16. The van der Waals surface area contributed by atoms with Gasteiger partial charge in [0, 0.05) is 17.3 Å². The maximum Gasteiger partial charge on any atom is 0.159 e. The van der Waals surface area contributed by atoms with Crippen molar-refractivity contribution in [3.05, 3.63) is 52.0 Å². The van der Waals surface area contributed by atoms with Gasteiger partial charge in [-0.25, -0.2) is 4.98 Å². The minimum atomic E-state index is 0.574. The average molecular weight is 427 g/mol. The van der Waals surface area contributed by atoms with Gasteiger partial charge in [0.05, 0.1) is 15.7 Å². The fourth-order valence-electron chi connectivity index (χ4n) is 5.24. The zero-order chi connectivity index (χ0) is 20.4. The molecule has 1 saturated carbocycles. The van der Waals surface area contributed by atoms with Crippen LogP contribution in [-0.2, 0) is 0 Å². The smallest absolute Gasteiger partial charge is 0.159 e. The molecule has 0 aromatic carbocycles. The standard InChI is InChI=1S/C24H22N6S/c1-2-19(31-11-1)22-21-18(7-10-26-22)27-24(28-21)23-20-16-12-15(16)14(3-4-17(20)29-30-23)13-5-8-25-9-6-13/h1-4,7,10-11,13,15,25,29H,5-6,8-9,12H2,(H,27,28). The molecule has 5 heterocycles. The van der Waals surface area contributed by atoms with E-state index in [9.17, 15) is 0 Å². The first-order chi connectivity index (χ1) is 15.4. The number of pyridine rings is 1. The summed E-state index contributed by atoms with van der Waals surface area (Å²) in [7, 11) is 0. The molecule has 1 saturated heterocycles. The van der Waals surface area contributed by atoms with Crippen molar-refractivity contribution in [3.8, 4) is 22.1 Å². The molecular weight excluding hydrogens is 404 g/mol. The summed E-state index contributed by atoms with van der Waals surface area (Å²) in [4.78, 5) is 14.2. The molecule has 1 aliphatic heterocycles. The molecule has 31 heavy (non-hydrogen) atoms. The second-order valence-corrected chi connectivity index (χ2v) is 9.57. The highest BCUT2D eigenvalue weighted by molar-refractivity contribution is 7.13. The van der Waals surface area contributed by atoms with Gasteiger partial charge in [0.2, 0.25) is 0 Å². The first-order valence-electron chi connectivity index (χ1n) is 11.0. The molecule has 4 aromatic heterocycles. The predicted molar refractivity (Wildman–Crippen MR) is 124 cm³/mol. The molecule has 1 unspecified atom stereocenters. The third kappa shape index (κ3) is 2.77. The predicted octanol–water partition coefficient (Wildman–Crippen LogP) is 2.97. The molecule has 7 heteroatoms. The fraction of sp³-hybridized carbons (Fsp3) is 0.292. The zero-order valence-electron chi connectivity index (χ0n) is 17.0. The molecule has 0 radical (unpaired) electrons. The molecule has 2 fully saturated rings. The van der Waals surface area contributed by atoms with Crippen LogP contribution >= 0.6 is 11.3 Å². The van der Waals surface area contributed by atoms with Crippen molar-refractivity contribution in [2.75, 3.05) is 13.1 Å². The van der Waals surface area contributed by atoms with Gasteiger partial charge in [-0.05, 0) is 61.9 Å². The van der Waals surface area contributed by atoms with Gasteiger partial charge >= 0.3 is 0 Å². The molecular formula is C24H22N6S. The molecule has 0 bridgehead atoms. The fourth-order valence-corrected chi connectivity index (χ4v) is 5.96. The second-order valence-electron chi connectivity index (χ2n) is 8.62. The number of hydrogen-bond acceptors (Lipinski definition) is 5. The van der Waals surface area contributed by atoms with E-state index < -0.39 is 0 Å². The van der Waals surface area contributed by atoms with E-state index in [1.165, 1.54) is 23.6 Å². The maximum absolute atomic E-state index is 4.97. The van der Waals surface area contributed by atoms with E-state index in [4.69, 9.17) is 4.98 Å². The van der Waals surface area contributed by atoms with Crippen molar-refractivity contribution in [1.82, 2.24) is 30.5 Å². The molecule has 3 aliphatic rings. The Morgan fingerprint density at radius 2 is 2.00 bits per heavy atom. The highest BCUT2D eigenvalue weighted by Crippen LogP contribution is 2.49. The zero-order valence-corrected chi connectivity index (χ0v) is 17.8. The largest absolute Gasteiger partial charge is 0.336 e. The van der Waals surface area contributed by atoms with Gasteiger partial charge in [0.1, 0.15) is 16.9 Å². The van der Waals surface area contributed by atoms with Crippen LogP contribution in [0, 0.1) is 11.8 Å². The minimum absolute atomic E-state index is 0.574. The Kier molecular flexibility index (Phi) is 3.83. The van der Waals surface area contributed by atoms with Crippen molar-refractivity contribution in [2.45, 2.75) is 19.3 Å². The van der Waals surface area contributed by atoms with Crippen LogP contribution in [0.5, 0.6) is 0 Å². The van der Waals surface area contributed by atoms with Gasteiger partial charge < -0.3 is 10.3 Å². The molecule has 3 N–H and O–H groups in total. The lowest BCUT2D eigenvalue weighted by Gasteiger charge is -2.25. The van der Waals surface area contributed by atoms with Crippen molar-refractivity contribution >= 4 is 34.0 Å². The number of H-pyrrole nitrogens is 2. The number of nitrogens with one attached hydrogen (secondary N) is 3. The van der Waals surface area contributed by atoms with Crippen LogP contribution in [0.2, 0.25) is 0 Å². The quantitative estimate of drug-likeness (QED) is 0.470. The summed E-state index contributed by atoms with van der Waals surface area (Å²) in [6.07, 6.45) is 10.1. The third-order valence-electron chi connectivity index (χ3n) is 6.84. The third-order valence-corrected chi connectivity index (χ3v) is 7.71. The number of thiophene rings is 1. The van der Waals surface area contributed by atoms with Gasteiger partial charge in [-0.2, -0.15) is 5.10 Å². The minimum Gasteiger partial charge on any atom is -0.336 e. The Labute approximate surface area is 182 Å². The van der Waals surface area contributed by atoms with E-state index >= 15 is 0 Å². The number of fused-ring (bicyclic) bond motifs is 3. The van der Waals surface area contributed by atoms with Crippen molar-refractivity contribution < 1.29 is 0 Å².